The largest absolute Gasteiger partial charge is 0.394 e. The van der Waals surface area contributed by atoms with Crippen LogP contribution in [0, 0.1) is 5.92 Å². The number of anilines is 1. The van der Waals surface area contributed by atoms with Gasteiger partial charge >= 0.3 is 6.03 Å². The van der Waals surface area contributed by atoms with Gasteiger partial charge in [0, 0.05) is 27.6 Å². The van der Waals surface area contributed by atoms with Crippen molar-refractivity contribution in [2.45, 2.75) is 31.2 Å². The van der Waals surface area contributed by atoms with Crippen LogP contribution in [-0.4, -0.2) is 34.3 Å². The summed E-state index contributed by atoms with van der Waals surface area (Å²) >= 11 is 0. The van der Waals surface area contributed by atoms with Crippen molar-refractivity contribution in [2.75, 3.05) is 18.2 Å². The molecule has 3 N–H and O–H groups in total. The van der Waals surface area contributed by atoms with E-state index in [0.717, 1.165) is 0 Å². The minimum Gasteiger partial charge on any atom is -0.394 e. The van der Waals surface area contributed by atoms with Crippen molar-refractivity contribution in [2.24, 2.45) is 5.92 Å². The first kappa shape index (κ1) is 16.7. The maximum atomic E-state index is 11.8. The van der Waals surface area contributed by atoms with Gasteiger partial charge in [-0.25, -0.2) is 4.79 Å². The summed E-state index contributed by atoms with van der Waals surface area (Å²) in [6, 6.07) is 6.25. The summed E-state index contributed by atoms with van der Waals surface area (Å²) in [6.07, 6.45) is 2.30. The molecule has 1 rings (SSSR count). The molecule has 0 radical (unpaired) electrons. The first-order valence-corrected chi connectivity index (χ1v) is 8.10. The fourth-order valence-electron chi connectivity index (χ4n) is 1.85. The van der Waals surface area contributed by atoms with E-state index in [1.807, 2.05) is 13.8 Å². The second-order valence-corrected chi connectivity index (χ2v) is 6.47. The highest BCUT2D eigenvalue weighted by molar-refractivity contribution is 7.84. The lowest BCUT2D eigenvalue weighted by atomic mass is 10.0. The number of urea groups is 1. The minimum atomic E-state index is -1.09. The van der Waals surface area contributed by atoms with Crippen LogP contribution >= 0.6 is 0 Å². The van der Waals surface area contributed by atoms with Gasteiger partial charge in [-0.1, -0.05) is 19.9 Å². The van der Waals surface area contributed by atoms with Crippen molar-refractivity contribution in [3.63, 3.8) is 0 Å². The van der Waals surface area contributed by atoms with E-state index < -0.39 is 10.8 Å². The molecule has 112 valence electrons. The molecule has 20 heavy (non-hydrogen) atoms. The first-order chi connectivity index (χ1) is 9.42. The first-order valence-electron chi connectivity index (χ1n) is 6.54. The zero-order valence-electron chi connectivity index (χ0n) is 12.1. The van der Waals surface area contributed by atoms with Gasteiger partial charge in [-0.05, 0) is 30.5 Å². The monoisotopic (exact) mass is 298 g/mol. The number of hydrogen-bond donors (Lipinski definition) is 3. The van der Waals surface area contributed by atoms with Crippen molar-refractivity contribution >= 4 is 22.5 Å². The van der Waals surface area contributed by atoms with Crippen LogP contribution in [0.25, 0.3) is 0 Å². The van der Waals surface area contributed by atoms with E-state index in [-0.39, 0.29) is 18.7 Å². The van der Waals surface area contributed by atoms with Crippen LogP contribution in [0.4, 0.5) is 10.5 Å². The second kappa shape index (κ2) is 8.01. The van der Waals surface area contributed by atoms with E-state index in [1.54, 1.807) is 30.5 Å². The molecule has 1 aromatic rings. The fourth-order valence-corrected chi connectivity index (χ4v) is 2.42. The number of hydrogen-bond acceptors (Lipinski definition) is 3. The third-order valence-electron chi connectivity index (χ3n) is 2.74. The van der Waals surface area contributed by atoms with Gasteiger partial charge in [-0.2, -0.15) is 0 Å². The van der Waals surface area contributed by atoms with E-state index in [9.17, 15) is 14.1 Å². The Morgan fingerprint density at radius 3 is 2.65 bits per heavy atom. The SMILES string of the molecule is CC(C)C[C@@H](CO)NC(=O)Nc1cccc([S@](C)=O)c1. The third-order valence-corrected chi connectivity index (χ3v) is 3.65. The molecule has 1 aromatic carbocycles. The van der Waals surface area contributed by atoms with Crippen LogP contribution < -0.4 is 10.6 Å². The smallest absolute Gasteiger partial charge is 0.319 e. The number of nitrogens with one attached hydrogen (secondary N) is 2. The van der Waals surface area contributed by atoms with E-state index in [4.69, 9.17) is 0 Å². The molecule has 2 atom stereocenters. The van der Waals surface area contributed by atoms with Gasteiger partial charge in [0.05, 0.1) is 12.6 Å². The van der Waals surface area contributed by atoms with Gasteiger partial charge in [0.25, 0.3) is 0 Å². The maximum absolute atomic E-state index is 11.8. The molecule has 0 saturated heterocycles. The molecule has 0 saturated carbocycles. The summed E-state index contributed by atoms with van der Waals surface area (Å²) in [5.41, 5.74) is 0.580. The van der Waals surface area contributed by atoms with Crippen LogP contribution in [0.2, 0.25) is 0 Å². The summed E-state index contributed by atoms with van der Waals surface area (Å²) in [7, 11) is -1.09. The van der Waals surface area contributed by atoms with E-state index in [1.165, 1.54) is 0 Å². The van der Waals surface area contributed by atoms with E-state index >= 15 is 0 Å². The molecule has 2 amide bonds. The fraction of sp³-hybridized carbons (Fsp3) is 0.500. The summed E-state index contributed by atoms with van der Waals surface area (Å²) in [5.74, 6) is 0.387. The Morgan fingerprint density at radius 2 is 2.10 bits per heavy atom. The molecular formula is C14H22N2O3S. The zero-order valence-corrected chi connectivity index (χ0v) is 12.9. The minimum absolute atomic E-state index is 0.0926. The lowest BCUT2D eigenvalue weighted by molar-refractivity contribution is 0.214. The van der Waals surface area contributed by atoms with Crippen molar-refractivity contribution in [3.8, 4) is 0 Å². The highest BCUT2D eigenvalue weighted by atomic mass is 32.2. The molecule has 0 bridgehead atoms. The Morgan fingerprint density at radius 1 is 1.40 bits per heavy atom. The highest BCUT2D eigenvalue weighted by Crippen LogP contribution is 2.13. The average Bonchev–Trinajstić information content (AvgIpc) is 2.37. The maximum Gasteiger partial charge on any atom is 0.319 e. The van der Waals surface area contributed by atoms with Crippen LogP contribution in [-0.2, 0) is 10.8 Å². The number of aliphatic hydroxyl groups excluding tert-OH is 1. The van der Waals surface area contributed by atoms with E-state index in [0.29, 0.717) is 22.9 Å². The number of benzene rings is 1. The average molecular weight is 298 g/mol. The Bertz CT molecular complexity index is 477. The molecule has 6 heteroatoms. The number of amides is 2. The number of carbonyl (C=O) groups is 1. The molecular weight excluding hydrogens is 276 g/mol. The summed E-state index contributed by atoms with van der Waals surface area (Å²) < 4.78 is 11.4. The number of carbonyl (C=O) groups excluding carboxylic acids is 1. The van der Waals surface area contributed by atoms with Crippen LogP contribution in [0.3, 0.4) is 0 Å². The molecule has 0 aromatic heterocycles. The highest BCUT2D eigenvalue weighted by Gasteiger charge is 2.13. The topological polar surface area (TPSA) is 78.4 Å². The molecule has 0 aliphatic rings. The Balaban J connectivity index is 2.61. The van der Waals surface area contributed by atoms with Gasteiger partial charge < -0.3 is 15.7 Å². The third kappa shape index (κ3) is 5.71. The molecule has 0 fully saturated rings. The summed E-state index contributed by atoms with van der Waals surface area (Å²) in [6.45, 7) is 3.97. The predicted octanol–water partition coefficient (Wildman–Crippen LogP) is 1.95. The Hall–Kier alpha value is -1.40. The van der Waals surface area contributed by atoms with E-state index in [2.05, 4.69) is 10.6 Å². The van der Waals surface area contributed by atoms with Crippen LogP contribution in [0.1, 0.15) is 20.3 Å². The van der Waals surface area contributed by atoms with Gasteiger partial charge in [0.1, 0.15) is 0 Å². The molecule has 0 spiro atoms. The van der Waals surface area contributed by atoms with Crippen molar-refractivity contribution in [1.29, 1.82) is 0 Å². The molecule has 0 unspecified atom stereocenters. The number of aliphatic hydroxyl groups is 1. The summed E-state index contributed by atoms with van der Waals surface area (Å²) in [4.78, 5) is 12.5. The normalized spacial score (nSPS) is 13.8. The Kier molecular flexibility index (Phi) is 6.67. The second-order valence-electron chi connectivity index (χ2n) is 5.09. The molecule has 0 heterocycles. The van der Waals surface area contributed by atoms with Gasteiger partial charge in [-0.3, -0.25) is 4.21 Å². The quantitative estimate of drug-likeness (QED) is 0.751. The van der Waals surface area contributed by atoms with Crippen LogP contribution in [0.15, 0.2) is 29.2 Å². The van der Waals surface area contributed by atoms with Gasteiger partial charge in [0.2, 0.25) is 0 Å². The van der Waals surface area contributed by atoms with Gasteiger partial charge in [0.15, 0.2) is 0 Å². The van der Waals surface area contributed by atoms with Crippen molar-refractivity contribution in [3.05, 3.63) is 24.3 Å². The van der Waals surface area contributed by atoms with Crippen molar-refractivity contribution < 1.29 is 14.1 Å². The number of rotatable bonds is 6. The lowest BCUT2D eigenvalue weighted by Gasteiger charge is -2.18. The standard InChI is InChI=1S/C14H22N2O3S/c1-10(2)7-12(9-17)16-14(18)15-11-5-4-6-13(8-11)20(3)19/h4-6,8,10,12,17H,7,9H2,1-3H3,(H2,15,16,18)/t12-,20-/m0/s1. The molecule has 0 aliphatic carbocycles. The Labute approximate surface area is 122 Å². The van der Waals surface area contributed by atoms with Crippen molar-refractivity contribution in [1.82, 2.24) is 5.32 Å². The summed E-state index contributed by atoms with van der Waals surface area (Å²) in [5, 5.41) is 14.6. The molecule has 0 aliphatic heterocycles. The molecule has 5 nitrogen and oxygen atoms in total. The van der Waals surface area contributed by atoms with Gasteiger partial charge in [-0.15, -0.1) is 0 Å². The van der Waals surface area contributed by atoms with Crippen LogP contribution in [0.5, 0.6) is 0 Å². The predicted molar refractivity (Wildman–Crippen MR) is 81.3 cm³/mol. The lowest BCUT2D eigenvalue weighted by Crippen LogP contribution is -2.40. The zero-order chi connectivity index (χ0) is 15.1.